The first-order valence-corrected chi connectivity index (χ1v) is 10.7. The molecule has 0 bridgehead atoms. The summed E-state index contributed by atoms with van der Waals surface area (Å²) >= 11 is 0. The number of nitrogens with two attached hydrogens (primary N) is 2. The van der Waals surface area contributed by atoms with E-state index in [1.165, 1.54) is 6.07 Å². The molecule has 9 nitrogen and oxygen atoms in total. The van der Waals surface area contributed by atoms with E-state index in [1.54, 1.807) is 18.2 Å². The zero-order chi connectivity index (χ0) is 22.9. The topological polar surface area (TPSA) is 139 Å². The molecule has 0 radical (unpaired) electrons. The summed E-state index contributed by atoms with van der Waals surface area (Å²) in [5.74, 6) is 0.251. The number of nitrogen functional groups attached to an aromatic ring is 2. The Morgan fingerprint density at radius 2 is 2.00 bits per heavy atom. The molecule has 0 saturated carbocycles. The molecule has 10 heteroatoms. The number of hydrogen-bond acceptors (Lipinski definition) is 7. The molecule has 1 atom stereocenters. The number of amides is 1. The first-order valence-electron chi connectivity index (χ1n) is 10.7. The van der Waals surface area contributed by atoms with Crippen LogP contribution in [0.25, 0.3) is 22.2 Å². The van der Waals surface area contributed by atoms with E-state index in [-0.39, 0.29) is 23.5 Å². The number of hydrogen-bond donors (Lipinski definition) is 4. The molecule has 1 saturated heterocycles. The van der Waals surface area contributed by atoms with Crippen LogP contribution in [-0.4, -0.2) is 39.2 Å². The quantitative estimate of drug-likeness (QED) is 0.378. The van der Waals surface area contributed by atoms with E-state index >= 15 is 0 Å². The van der Waals surface area contributed by atoms with Gasteiger partial charge in [-0.15, -0.1) is 0 Å². The maximum absolute atomic E-state index is 13.9. The van der Waals surface area contributed by atoms with Crippen LogP contribution in [0.2, 0.25) is 0 Å². The predicted molar refractivity (Wildman–Crippen MR) is 126 cm³/mol. The minimum absolute atomic E-state index is 0.143. The van der Waals surface area contributed by atoms with Gasteiger partial charge in [0.2, 0.25) is 11.9 Å². The van der Waals surface area contributed by atoms with Crippen molar-refractivity contribution in [1.82, 2.24) is 20.2 Å². The average molecular weight is 446 g/mol. The van der Waals surface area contributed by atoms with E-state index < -0.39 is 5.82 Å². The van der Waals surface area contributed by atoms with Gasteiger partial charge in [-0.05, 0) is 37.1 Å². The Labute approximate surface area is 189 Å². The van der Waals surface area contributed by atoms with Gasteiger partial charge >= 0.3 is 0 Å². The third-order valence-electron chi connectivity index (χ3n) is 5.87. The Morgan fingerprint density at radius 1 is 1.15 bits per heavy atom. The normalized spacial score (nSPS) is 16.2. The molecule has 1 aliphatic rings. The van der Waals surface area contributed by atoms with Crippen LogP contribution < -0.4 is 21.7 Å². The molecule has 168 valence electrons. The van der Waals surface area contributed by atoms with Crippen LogP contribution >= 0.6 is 0 Å². The van der Waals surface area contributed by atoms with Gasteiger partial charge in [-0.1, -0.05) is 18.2 Å². The van der Waals surface area contributed by atoms with E-state index in [0.717, 1.165) is 29.4 Å². The van der Waals surface area contributed by atoms with E-state index in [9.17, 15) is 9.18 Å². The first kappa shape index (κ1) is 20.7. The summed E-state index contributed by atoms with van der Waals surface area (Å²) in [6.07, 6.45) is 1.51. The Morgan fingerprint density at radius 3 is 2.85 bits per heavy atom. The van der Waals surface area contributed by atoms with E-state index in [2.05, 4.69) is 25.5 Å². The minimum Gasteiger partial charge on any atom is -0.382 e. The number of anilines is 4. The average Bonchev–Trinajstić information content (AvgIpc) is 3.20. The lowest BCUT2D eigenvalue weighted by Crippen LogP contribution is -2.41. The van der Waals surface area contributed by atoms with Crippen molar-refractivity contribution in [3.63, 3.8) is 0 Å². The molecular weight excluding hydrogens is 423 g/mol. The fraction of sp³-hybridized carbons (Fsp3) is 0.217. The van der Waals surface area contributed by atoms with Crippen molar-refractivity contribution in [1.29, 1.82) is 0 Å². The van der Waals surface area contributed by atoms with Gasteiger partial charge in [0, 0.05) is 30.1 Å². The molecule has 33 heavy (non-hydrogen) atoms. The van der Waals surface area contributed by atoms with Crippen molar-refractivity contribution in [2.45, 2.75) is 12.8 Å². The lowest BCUT2D eigenvalue weighted by Gasteiger charge is -2.33. The third kappa shape index (κ3) is 4.14. The Bertz CT molecular complexity index is 1340. The zero-order valence-electron chi connectivity index (χ0n) is 17.8. The number of rotatable bonds is 4. The SMILES string of the molecule is Nc1nc(-c2ccc3c(N)n[nH]c3c2)cc(N2CCCC(C(=O)Nc3ccccc3F)C2)n1. The number of fused-ring (bicyclic) bond motifs is 1. The van der Waals surface area contributed by atoms with Crippen LogP contribution in [0.15, 0.2) is 48.5 Å². The summed E-state index contributed by atoms with van der Waals surface area (Å²) in [6.45, 7) is 1.18. The second-order valence-corrected chi connectivity index (χ2v) is 8.09. The summed E-state index contributed by atoms with van der Waals surface area (Å²) in [5.41, 5.74) is 14.4. The number of piperidine rings is 1. The number of H-pyrrole nitrogens is 1. The lowest BCUT2D eigenvalue weighted by atomic mass is 9.97. The molecule has 1 aliphatic heterocycles. The number of aromatic nitrogens is 4. The largest absolute Gasteiger partial charge is 0.382 e. The minimum atomic E-state index is -0.456. The first-order chi connectivity index (χ1) is 16.0. The lowest BCUT2D eigenvalue weighted by molar-refractivity contribution is -0.120. The van der Waals surface area contributed by atoms with E-state index in [1.807, 2.05) is 29.2 Å². The maximum atomic E-state index is 13.9. The number of carbonyl (C=O) groups is 1. The summed E-state index contributed by atoms with van der Waals surface area (Å²) in [5, 5.41) is 10.5. The molecule has 0 spiro atoms. The fourth-order valence-corrected chi connectivity index (χ4v) is 4.16. The van der Waals surface area contributed by atoms with Gasteiger partial charge in [-0.3, -0.25) is 9.89 Å². The Balaban J connectivity index is 1.37. The van der Waals surface area contributed by atoms with Crippen molar-refractivity contribution in [2.75, 3.05) is 34.8 Å². The molecule has 1 unspecified atom stereocenters. The van der Waals surface area contributed by atoms with E-state index in [0.29, 0.717) is 30.3 Å². The molecule has 2 aromatic carbocycles. The third-order valence-corrected chi connectivity index (χ3v) is 5.87. The van der Waals surface area contributed by atoms with Crippen LogP contribution in [0.1, 0.15) is 12.8 Å². The number of nitrogens with one attached hydrogen (secondary N) is 2. The highest BCUT2D eigenvalue weighted by molar-refractivity contribution is 5.93. The summed E-state index contributed by atoms with van der Waals surface area (Å²) in [6, 6.07) is 13.7. The number of para-hydroxylation sites is 1. The fourth-order valence-electron chi connectivity index (χ4n) is 4.16. The van der Waals surface area contributed by atoms with Crippen molar-refractivity contribution in [2.24, 2.45) is 5.92 Å². The molecular formula is C23H23FN8O. The summed E-state index contributed by atoms with van der Waals surface area (Å²) in [7, 11) is 0. The van der Waals surface area contributed by atoms with Gasteiger partial charge in [0.15, 0.2) is 5.82 Å². The summed E-state index contributed by atoms with van der Waals surface area (Å²) < 4.78 is 13.9. The number of halogens is 1. The standard InChI is InChI=1S/C23H23FN8O/c24-16-5-1-2-6-17(16)27-22(33)14-4-3-9-32(12-14)20-11-18(28-23(26)29-20)13-7-8-15-19(10-13)30-31-21(15)25/h1-2,5-8,10-11,14H,3-4,9,12H2,(H,27,33)(H3,25,30,31)(H2,26,28,29). The van der Waals surface area contributed by atoms with Crippen LogP contribution in [0.4, 0.5) is 27.7 Å². The molecule has 5 rings (SSSR count). The van der Waals surface area contributed by atoms with Gasteiger partial charge in [0.25, 0.3) is 0 Å². The smallest absolute Gasteiger partial charge is 0.229 e. The van der Waals surface area contributed by atoms with Crippen molar-refractivity contribution < 1.29 is 9.18 Å². The molecule has 1 fully saturated rings. The number of carbonyl (C=O) groups excluding carboxylic acids is 1. The highest BCUT2D eigenvalue weighted by atomic mass is 19.1. The second kappa shape index (κ2) is 8.38. The highest BCUT2D eigenvalue weighted by Crippen LogP contribution is 2.29. The van der Waals surface area contributed by atoms with Crippen LogP contribution in [0.5, 0.6) is 0 Å². The van der Waals surface area contributed by atoms with Gasteiger partial charge in [-0.2, -0.15) is 10.1 Å². The van der Waals surface area contributed by atoms with Crippen LogP contribution in [-0.2, 0) is 4.79 Å². The van der Waals surface area contributed by atoms with Gasteiger partial charge in [0.1, 0.15) is 11.6 Å². The van der Waals surface area contributed by atoms with Gasteiger partial charge < -0.3 is 21.7 Å². The second-order valence-electron chi connectivity index (χ2n) is 8.09. The predicted octanol–water partition coefficient (Wildman–Crippen LogP) is 3.18. The van der Waals surface area contributed by atoms with Gasteiger partial charge in [-0.25, -0.2) is 9.37 Å². The monoisotopic (exact) mass is 446 g/mol. The molecule has 6 N–H and O–H groups in total. The van der Waals surface area contributed by atoms with E-state index in [4.69, 9.17) is 11.5 Å². The summed E-state index contributed by atoms with van der Waals surface area (Å²) in [4.78, 5) is 23.6. The highest BCUT2D eigenvalue weighted by Gasteiger charge is 2.27. The Hall–Kier alpha value is -4.21. The number of aromatic amines is 1. The molecule has 0 aliphatic carbocycles. The number of benzene rings is 2. The van der Waals surface area contributed by atoms with Crippen LogP contribution in [0.3, 0.4) is 0 Å². The molecule has 2 aromatic heterocycles. The molecule has 1 amide bonds. The Kier molecular flexibility index (Phi) is 5.25. The van der Waals surface area contributed by atoms with Gasteiger partial charge in [0.05, 0.1) is 22.8 Å². The van der Waals surface area contributed by atoms with Crippen molar-refractivity contribution >= 4 is 40.1 Å². The number of nitrogens with zero attached hydrogens (tertiary/aromatic N) is 4. The molecule has 4 aromatic rings. The maximum Gasteiger partial charge on any atom is 0.229 e. The zero-order valence-corrected chi connectivity index (χ0v) is 17.8. The molecule has 3 heterocycles. The van der Waals surface area contributed by atoms with Crippen LogP contribution in [0, 0.1) is 11.7 Å². The van der Waals surface area contributed by atoms with Crippen molar-refractivity contribution in [3.8, 4) is 11.3 Å². The van der Waals surface area contributed by atoms with Crippen molar-refractivity contribution in [3.05, 3.63) is 54.3 Å².